The Hall–Kier alpha value is -1.32. The van der Waals surface area contributed by atoms with Crippen LogP contribution in [0.15, 0.2) is 12.2 Å². The SMILES string of the molecule is C=C(C)C(=O)OCCCCCCCCCCCCCC(=O)O. The van der Waals surface area contributed by atoms with E-state index >= 15 is 0 Å². The second-order valence-electron chi connectivity index (χ2n) is 5.95. The number of esters is 1. The van der Waals surface area contributed by atoms with E-state index in [1.165, 1.54) is 38.5 Å². The van der Waals surface area contributed by atoms with E-state index in [9.17, 15) is 9.59 Å². The molecular formula is C18H32O4. The number of ether oxygens (including phenoxy) is 1. The van der Waals surface area contributed by atoms with E-state index in [-0.39, 0.29) is 5.97 Å². The van der Waals surface area contributed by atoms with Crippen LogP contribution in [0.2, 0.25) is 0 Å². The highest BCUT2D eigenvalue weighted by Gasteiger charge is 2.01. The van der Waals surface area contributed by atoms with Gasteiger partial charge < -0.3 is 9.84 Å². The van der Waals surface area contributed by atoms with E-state index in [4.69, 9.17) is 9.84 Å². The van der Waals surface area contributed by atoms with Gasteiger partial charge in [-0.2, -0.15) is 0 Å². The molecule has 0 rings (SSSR count). The molecule has 0 heterocycles. The molecule has 0 aromatic heterocycles. The van der Waals surface area contributed by atoms with Crippen LogP contribution in [0.5, 0.6) is 0 Å². The van der Waals surface area contributed by atoms with Crippen LogP contribution >= 0.6 is 0 Å². The minimum absolute atomic E-state index is 0.289. The highest BCUT2D eigenvalue weighted by molar-refractivity contribution is 5.86. The molecule has 0 radical (unpaired) electrons. The van der Waals surface area contributed by atoms with Gasteiger partial charge in [0.05, 0.1) is 6.61 Å². The summed E-state index contributed by atoms with van der Waals surface area (Å²) < 4.78 is 5.03. The number of unbranched alkanes of at least 4 members (excludes halogenated alkanes) is 10. The van der Waals surface area contributed by atoms with Gasteiger partial charge in [0.25, 0.3) is 0 Å². The van der Waals surface area contributed by atoms with Gasteiger partial charge in [0.2, 0.25) is 0 Å². The Bertz CT molecular complexity index is 323. The highest BCUT2D eigenvalue weighted by atomic mass is 16.5. The molecule has 0 saturated carbocycles. The lowest BCUT2D eigenvalue weighted by Crippen LogP contribution is -2.05. The number of carbonyl (C=O) groups excluding carboxylic acids is 1. The van der Waals surface area contributed by atoms with Crippen molar-refractivity contribution in [3.63, 3.8) is 0 Å². The molecule has 0 fully saturated rings. The molecule has 0 aliphatic rings. The van der Waals surface area contributed by atoms with E-state index in [0.717, 1.165) is 32.1 Å². The van der Waals surface area contributed by atoms with Gasteiger partial charge in [0, 0.05) is 12.0 Å². The van der Waals surface area contributed by atoms with Gasteiger partial charge >= 0.3 is 11.9 Å². The lowest BCUT2D eigenvalue weighted by molar-refractivity contribution is -0.139. The first kappa shape index (κ1) is 20.7. The molecule has 0 amide bonds. The molecule has 0 bridgehead atoms. The minimum atomic E-state index is -0.686. The lowest BCUT2D eigenvalue weighted by atomic mass is 10.1. The number of carboxylic acid groups (broad SMARTS) is 1. The molecule has 0 spiro atoms. The van der Waals surface area contributed by atoms with Crippen LogP contribution in [0.1, 0.15) is 84.0 Å². The van der Waals surface area contributed by atoms with Gasteiger partial charge in [0.15, 0.2) is 0 Å². The third-order valence-electron chi connectivity index (χ3n) is 3.62. The van der Waals surface area contributed by atoms with Crippen molar-refractivity contribution in [2.45, 2.75) is 84.0 Å². The summed E-state index contributed by atoms with van der Waals surface area (Å²) in [4.78, 5) is 21.5. The van der Waals surface area contributed by atoms with Crippen LogP contribution in [-0.2, 0) is 14.3 Å². The fourth-order valence-electron chi connectivity index (χ4n) is 2.26. The summed E-state index contributed by atoms with van der Waals surface area (Å²) in [6.45, 7) is 5.71. The van der Waals surface area contributed by atoms with E-state index < -0.39 is 5.97 Å². The quantitative estimate of drug-likeness (QED) is 0.266. The lowest BCUT2D eigenvalue weighted by Gasteiger charge is -2.04. The number of carbonyl (C=O) groups is 2. The second kappa shape index (κ2) is 14.6. The van der Waals surface area contributed by atoms with Crippen LogP contribution in [-0.4, -0.2) is 23.7 Å². The smallest absolute Gasteiger partial charge is 0.333 e. The van der Waals surface area contributed by atoms with E-state index in [2.05, 4.69) is 6.58 Å². The molecule has 0 unspecified atom stereocenters. The van der Waals surface area contributed by atoms with Gasteiger partial charge in [-0.3, -0.25) is 4.79 Å². The number of hydrogen-bond acceptors (Lipinski definition) is 3. The van der Waals surface area contributed by atoms with Crippen molar-refractivity contribution in [3.8, 4) is 0 Å². The van der Waals surface area contributed by atoms with Crippen molar-refractivity contribution >= 4 is 11.9 Å². The maximum atomic E-state index is 11.1. The first-order valence-electron chi connectivity index (χ1n) is 8.58. The fraction of sp³-hybridized carbons (Fsp3) is 0.778. The summed E-state index contributed by atoms with van der Waals surface area (Å²) in [5.74, 6) is -0.974. The van der Waals surface area contributed by atoms with E-state index in [1.54, 1.807) is 6.92 Å². The summed E-state index contributed by atoms with van der Waals surface area (Å²) in [5, 5.41) is 8.51. The summed E-state index contributed by atoms with van der Waals surface area (Å²) in [6, 6.07) is 0. The van der Waals surface area contributed by atoms with Crippen LogP contribution in [0.4, 0.5) is 0 Å². The average molecular weight is 312 g/mol. The molecule has 4 nitrogen and oxygen atoms in total. The summed E-state index contributed by atoms with van der Waals surface area (Å²) in [7, 11) is 0. The predicted molar refractivity (Wildman–Crippen MR) is 88.8 cm³/mol. The zero-order valence-corrected chi connectivity index (χ0v) is 14.1. The largest absolute Gasteiger partial charge is 0.481 e. The molecule has 0 aromatic carbocycles. The van der Waals surface area contributed by atoms with Crippen molar-refractivity contribution in [2.75, 3.05) is 6.61 Å². The zero-order valence-electron chi connectivity index (χ0n) is 14.1. The Balaban J connectivity index is 3.10. The molecular weight excluding hydrogens is 280 g/mol. The van der Waals surface area contributed by atoms with Crippen molar-refractivity contribution in [2.24, 2.45) is 0 Å². The third kappa shape index (κ3) is 15.1. The summed E-state index contributed by atoms with van der Waals surface area (Å²) >= 11 is 0. The van der Waals surface area contributed by atoms with Crippen molar-refractivity contribution in [1.82, 2.24) is 0 Å². The Labute approximate surface area is 134 Å². The number of rotatable bonds is 15. The normalized spacial score (nSPS) is 10.4. The van der Waals surface area contributed by atoms with Gasteiger partial charge in [-0.15, -0.1) is 0 Å². The molecule has 0 aliphatic carbocycles. The first-order chi connectivity index (χ1) is 10.5. The van der Waals surface area contributed by atoms with E-state index in [1.807, 2.05) is 0 Å². The molecule has 0 aromatic rings. The Kier molecular flexibility index (Phi) is 13.7. The Morgan fingerprint density at radius 3 is 1.64 bits per heavy atom. The molecule has 128 valence electrons. The second-order valence-corrected chi connectivity index (χ2v) is 5.95. The minimum Gasteiger partial charge on any atom is -0.481 e. The third-order valence-corrected chi connectivity index (χ3v) is 3.62. The first-order valence-corrected chi connectivity index (χ1v) is 8.58. The molecule has 1 N–H and O–H groups in total. The van der Waals surface area contributed by atoms with Gasteiger partial charge in [0.1, 0.15) is 0 Å². The van der Waals surface area contributed by atoms with E-state index in [0.29, 0.717) is 18.6 Å². The standard InChI is InChI=1S/C18H32O4/c1-16(2)18(21)22-15-13-11-9-7-5-3-4-6-8-10-12-14-17(19)20/h1,3-15H2,2H3,(H,19,20). The summed E-state index contributed by atoms with van der Waals surface area (Å²) in [6.07, 6.45) is 12.8. The molecule has 0 saturated heterocycles. The maximum Gasteiger partial charge on any atom is 0.333 e. The number of hydrogen-bond donors (Lipinski definition) is 1. The molecule has 4 heteroatoms. The zero-order chi connectivity index (χ0) is 16.6. The van der Waals surface area contributed by atoms with Gasteiger partial charge in [-0.05, 0) is 19.8 Å². The van der Waals surface area contributed by atoms with Crippen LogP contribution in [0.3, 0.4) is 0 Å². The topological polar surface area (TPSA) is 63.6 Å². The number of aliphatic carboxylic acids is 1. The van der Waals surface area contributed by atoms with Gasteiger partial charge in [-0.25, -0.2) is 4.79 Å². The van der Waals surface area contributed by atoms with Crippen molar-refractivity contribution < 1.29 is 19.4 Å². The highest BCUT2D eigenvalue weighted by Crippen LogP contribution is 2.12. The van der Waals surface area contributed by atoms with Crippen LogP contribution in [0, 0.1) is 0 Å². The Morgan fingerprint density at radius 2 is 1.23 bits per heavy atom. The fourth-order valence-corrected chi connectivity index (χ4v) is 2.26. The molecule has 0 aliphatic heterocycles. The van der Waals surface area contributed by atoms with Crippen LogP contribution in [0.25, 0.3) is 0 Å². The van der Waals surface area contributed by atoms with Gasteiger partial charge in [-0.1, -0.05) is 64.4 Å². The average Bonchev–Trinajstić information content (AvgIpc) is 2.46. The maximum absolute atomic E-state index is 11.1. The van der Waals surface area contributed by atoms with Crippen LogP contribution < -0.4 is 0 Å². The van der Waals surface area contributed by atoms with Crippen molar-refractivity contribution in [3.05, 3.63) is 12.2 Å². The Morgan fingerprint density at radius 1 is 0.818 bits per heavy atom. The predicted octanol–water partition coefficient (Wildman–Crippen LogP) is 4.87. The molecule has 0 atom stereocenters. The summed E-state index contributed by atoms with van der Waals surface area (Å²) in [5.41, 5.74) is 0.461. The van der Waals surface area contributed by atoms with Crippen molar-refractivity contribution in [1.29, 1.82) is 0 Å². The molecule has 22 heavy (non-hydrogen) atoms. The number of carboxylic acids is 1. The monoisotopic (exact) mass is 312 g/mol.